The second kappa shape index (κ2) is 9.31. The largest absolute Gasteiger partial charge is 0.354 e. The van der Waals surface area contributed by atoms with Gasteiger partial charge in [0, 0.05) is 56.1 Å². The molecular formula is C17H30IN5S. The van der Waals surface area contributed by atoms with Gasteiger partial charge in [-0.1, -0.05) is 19.3 Å². The number of hydrogen-bond acceptors (Lipinski definition) is 3. The van der Waals surface area contributed by atoms with Gasteiger partial charge in [0.15, 0.2) is 5.96 Å². The Morgan fingerprint density at radius 3 is 2.83 bits per heavy atom. The maximum Gasteiger partial charge on any atom is 0.193 e. The third kappa shape index (κ3) is 4.80. The zero-order valence-electron chi connectivity index (χ0n) is 14.8. The fraction of sp³-hybridized carbons (Fsp3) is 0.765. The molecule has 1 aromatic heterocycles. The Kier molecular flexibility index (Phi) is 7.71. The average Bonchev–Trinajstić information content (AvgIpc) is 2.97. The minimum absolute atomic E-state index is 0. The zero-order chi connectivity index (χ0) is 16.1. The second-order valence-corrected chi connectivity index (χ2v) is 8.22. The highest BCUT2D eigenvalue weighted by atomic mass is 127. The van der Waals surface area contributed by atoms with E-state index in [2.05, 4.69) is 36.5 Å². The number of thioether (sulfide) groups is 1. The summed E-state index contributed by atoms with van der Waals surface area (Å²) >= 11 is 2.21. The highest BCUT2D eigenvalue weighted by Crippen LogP contribution is 2.42. The minimum Gasteiger partial charge on any atom is -0.354 e. The smallest absolute Gasteiger partial charge is 0.193 e. The van der Waals surface area contributed by atoms with Crippen LogP contribution >= 0.6 is 35.7 Å². The molecule has 1 aromatic rings. The van der Waals surface area contributed by atoms with Crippen molar-refractivity contribution in [3.63, 3.8) is 0 Å². The number of hydrogen-bond donors (Lipinski definition) is 1. The Bertz CT molecular complexity index is 533. The summed E-state index contributed by atoms with van der Waals surface area (Å²) in [5, 5.41) is 3.54. The number of aromatic nitrogens is 2. The van der Waals surface area contributed by atoms with E-state index >= 15 is 0 Å². The summed E-state index contributed by atoms with van der Waals surface area (Å²) in [5.41, 5.74) is 0. The van der Waals surface area contributed by atoms with Crippen LogP contribution < -0.4 is 5.32 Å². The fourth-order valence-electron chi connectivity index (χ4n) is 3.78. The molecule has 7 heteroatoms. The summed E-state index contributed by atoms with van der Waals surface area (Å²) in [7, 11) is 1.90. The van der Waals surface area contributed by atoms with Crippen molar-refractivity contribution in [2.24, 2.45) is 4.99 Å². The van der Waals surface area contributed by atoms with E-state index in [1.165, 1.54) is 37.9 Å². The monoisotopic (exact) mass is 463 g/mol. The molecule has 0 radical (unpaired) electrons. The molecule has 2 aliphatic rings. The Labute approximate surface area is 167 Å². The first-order valence-electron chi connectivity index (χ1n) is 8.80. The molecular weight excluding hydrogens is 433 g/mol. The Morgan fingerprint density at radius 1 is 1.38 bits per heavy atom. The number of nitrogens with zero attached hydrogens (tertiary/aromatic N) is 4. The molecule has 0 atom stereocenters. The van der Waals surface area contributed by atoms with E-state index in [0.29, 0.717) is 4.75 Å². The number of halogens is 1. The van der Waals surface area contributed by atoms with Crippen LogP contribution in [0.4, 0.5) is 0 Å². The topological polar surface area (TPSA) is 45.5 Å². The first kappa shape index (κ1) is 19.9. The van der Waals surface area contributed by atoms with Gasteiger partial charge in [-0.3, -0.25) is 4.99 Å². The minimum atomic E-state index is 0. The van der Waals surface area contributed by atoms with Crippen molar-refractivity contribution in [2.75, 3.05) is 32.4 Å². The van der Waals surface area contributed by atoms with Crippen LogP contribution in [0.2, 0.25) is 0 Å². The van der Waals surface area contributed by atoms with Gasteiger partial charge in [-0.15, -0.1) is 24.0 Å². The molecule has 136 valence electrons. The molecule has 0 amide bonds. The highest BCUT2D eigenvalue weighted by Gasteiger charge is 2.38. The normalized spacial score (nSPS) is 20.8. The number of aryl methyl sites for hydroxylation is 1. The summed E-state index contributed by atoms with van der Waals surface area (Å²) in [6.07, 6.45) is 10.9. The van der Waals surface area contributed by atoms with Crippen molar-refractivity contribution < 1.29 is 0 Å². The van der Waals surface area contributed by atoms with Crippen LogP contribution in [-0.4, -0.2) is 57.6 Å². The molecule has 0 bridgehead atoms. The van der Waals surface area contributed by atoms with Gasteiger partial charge in [-0.25, -0.2) is 4.98 Å². The lowest BCUT2D eigenvalue weighted by atomic mass is 9.87. The molecule has 1 aliphatic carbocycles. The van der Waals surface area contributed by atoms with Crippen LogP contribution in [-0.2, 0) is 6.54 Å². The molecule has 0 aromatic carbocycles. The second-order valence-electron chi connectivity index (χ2n) is 6.66. The predicted octanol–water partition coefficient (Wildman–Crippen LogP) is 3.14. The molecule has 1 saturated carbocycles. The van der Waals surface area contributed by atoms with E-state index in [9.17, 15) is 0 Å². The van der Waals surface area contributed by atoms with E-state index in [1.807, 2.05) is 26.4 Å². The summed E-state index contributed by atoms with van der Waals surface area (Å²) in [6.45, 7) is 6.13. The third-order valence-corrected chi connectivity index (χ3v) is 6.62. The van der Waals surface area contributed by atoms with E-state index < -0.39 is 0 Å². The van der Waals surface area contributed by atoms with Crippen molar-refractivity contribution in [2.45, 2.75) is 50.3 Å². The van der Waals surface area contributed by atoms with Crippen LogP contribution in [0.15, 0.2) is 17.4 Å². The predicted molar refractivity (Wildman–Crippen MR) is 114 cm³/mol. The summed E-state index contributed by atoms with van der Waals surface area (Å²) in [5.74, 6) is 3.35. The summed E-state index contributed by atoms with van der Waals surface area (Å²) < 4.78 is 2.66. The van der Waals surface area contributed by atoms with Crippen LogP contribution in [0, 0.1) is 6.92 Å². The van der Waals surface area contributed by atoms with Gasteiger partial charge in [-0.05, 0) is 19.8 Å². The fourth-order valence-corrected chi connectivity index (χ4v) is 5.35. The zero-order valence-corrected chi connectivity index (χ0v) is 18.0. The standard InChI is InChI=1S/C17H29N5S.HI/c1-15-19-8-10-21(15)11-9-20-16(18-2)22-12-13-23-17(14-22)6-4-3-5-7-17;/h8,10H,3-7,9,11-14H2,1-2H3,(H,18,20);1H. The number of aliphatic imine (C=N–C) groups is 1. The van der Waals surface area contributed by atoms with Crippen LogP contribution in [0.5, 0.6) is 0 Å². The highest BCUT2D eigenvalue weighted by molar-refractivity contribution is 14.0. The van der Waals surface area contributed by atoms with E-state index in [1.54, 1.807) is 0 Å². The maximum atomic E-state index is 4.53. The lowest BCUT2D eigenvalue weighted by Crippen LogP contribution is -2.53. The van der Waals surface area contributed by atoms with Gasteiger partial charge >= 0.3 is 0 Å². The number of guanidine groups is 1. The van der Waals surface area contributed by atoms with E-state index in [4.69, 9.17) is 0 Å². The molecule has 1 spiro atoms. The molecule has 0 unspecified atom stereocenters. The van der Waals surface area contributed by atoms with Gasteiger partial charge in [-0.2, -0.15) is 11.8 Å². The van der Waals surface area contributed by atoms with E-state index in [-0.39, 0.29) is 24.0 Å². The van der Waals surface area contributed by atoms with Crippen molar-refractivity contribution in [3.8, 4) is 0 Å². The Morgan fingerprint density at radius 2 is 2.17 bits per heavy atom. The van der Waals surface area contributed by atoms with Gasteiger partial charge in [0.25, 0.3) is 0 Å². The van der Waals surface area contributed by atoms with Crippen molar-refractivity contribution >= 4 is 41.7 Å². The van der Waals surface area contributed by atoms with Crippen molar-refractivity contribution in [1.29, 1.82) is 0 Å². The molecule has 1 N–H and O–H groups in total. The molecule has 1 aliphatic heterocycles. The van der Waals surface area contributed by atoms with Crippen LogP contribution in [0.1, 0.15) is 37.9 Å². The number of nitrogens with one attached hydrogen (secondary N) is 1. The lowest BCUT2D eigenvalue weighted by molar-refractivity contribution is 0.293. The Hall–Kier alpha value is -0.440. The SMILES string of the molecule is CN=C(NCCn1ccnc1C)N1CCSC2(CCCCC2)C1.I. The van der Waals surface area contributed by atoms with Crippen molar-refractivity contribution in [3.05, 3.63) is 18.2 Å². The molecule has 2 heterocycles. The quantitative estimate of drug-likeness (QED) is 0.425. The molecule has 1 saturated heterocycles. The molecule has 3 rings (SSSR count). The van der Waals surface area contributed by atoms with Gasteiger partial charge in [0.1, 0.15) is 5.82 Å². The van der Waals surface area contributed by atoms with Crippen LogP contribution in [0.25, 0.3) is 0 Å². The lowest BCUT2D eigenvalue weighted by Gasteiger charge is -2.45. The molecule has 2 fully saturated rings. The van der Waals surface area contributed by atoms with Gasteiger partial charge < -0.3 is 14.8 Å². The van der Waals surface area contributed by atoms with E-state index in [0.717, 1.165) is 38.0 Å². The Balaban J connectivity index is 0.00000208. The summed E-state index contributed by atoms with van der Waals surface area (Å²) in [6, 6.07) is 0. The van der Waals surface area contributed by atoms with Crippen LogP contribution in [0.3, 0.4) is 0 Å². The summed E-state index contributed by atoms with van der Waals surface area (Å²) in [4.78, 5) is 11.3. The third-order valence-electron chi connectivity index (χ3n) is 5.08. The first-order chi connectivity index (χ1) is 11.2. The van der Waals surface area contributed by atoms with Gasteiger partial charge in [0.05, 0.1) is 0 Å². The maximum absolute atomic E-state index is 4.53. The average molecular weight is 463 g/mol. The van der Waals surface area contributed by atoms with Crippen molar-refractivity contribution in [1.82, 2.24) is 19.8 Å². The molecule has 5 nitrogen and oxygen atoms in total. The van der Waals surface area contributed by atoms with Gasteiger partial charge in [0.2, 0.25) is 0 Å². The number of rotatable bonds is 3. The number of imidazole rings is 1. The first-order valence-corrected chi connectivity index (χ1v) is 9.78. The molecule has 24 heavy (non-hydrogen) atoms.